The van der Waals surface area contributed by atoms with Gasteiger partial charge in [0.25, 0.3) is 0 Å². The van der Waals surface area contributed by atoms with Gasteiger partial charge in [0.2, 0.25) is 0 Å². The van der Waals surface area contributed by atoms with Crippen LogP contribution in [0.2, 0.25) is 0 Å². The lowest BCUT2D eigenvalue weighted by Gasteiger charge is -2.47. The van der Waals surface area contributed by atoms with Crippen molar-refractivity contribution in [2.75, 3.05) is 5.32 Å². The van der Waals surface area contributed by atoms with E-state index in [1.807, 2.05) is 50.6 Å². The predicted octanol–water partition coefficient (Wildman–Crippen LogP) is 4.63. The minimum atomic E-state index is -0.558. The van der Waals surface area contributed by atoms with Crippen molar-refractivity contribution >= 4 is 24.0 Å². The van der Waals surface area contributed by atoms with Crippen molar-refractivity contribution < 1.29 is 9.53 Å². The SMILES string of the molecule is Cn1c(CC2(c3cccc(NC(=O)OC(C)(C)C)c3)CC(CC#N)C2)n[nH]c1=S. The van der Waals surface area contributed by atoms with Gasteiger partial charge in [0.05, 0.1) is 6.07 Å². The molecule has 0 bridgehead atoms. The number of amides is 1. The van der Waals surface area contributed by atoms with Crippen molar-refractivity contribution in [2.45, 2.75) is 57.5 Å². The van der Waals surface area contributed by atoms with E-state index in [9.17, 15) is 4.79 Å². The highest BCUT2D eigenvalue weighted by atomic mass is 32.1. The first-order valence-corrected chi connectivity index (χ1v) is 10.1. The van der Waals surface area contributed by atoms with E-state index in [1.54, 1.807) is 0 Å². The molecule has 0 atom stereocenters. The average molecular weight is 414 g/mol. The van der Waals surface area contributed by atoms with Gasteiger partial charge in [0.15, 0.2) is 4.77 Å². The molecule has 8 heteroatoms. The average Bonchev–Trinajstić information content (AvgIpc) is 2.90. The fraction of sp³-hybridized carbons (Fsp3) is 0.524. The molecule has 2 aromatic rings. The summed E-state index contributed by atoms with van der Waals surface area (Å²) in [5.74, 6) is 1.26. The smallest absolute Gasteiger partial charge is 0.412 e. The third-order valence-electron chi connectivity index (χ3n) is 5.33. The third-order valence-corrected chi connectivity index (χ3v) is 5.69. The molecule has 0 aliphatic heterocycles. The van der Waals surface area contributed by atoms with E-state index in [0.29, 0.717) is 29.2 Å². The van der Waals surface area contributed by atoms with Crippen LogP contribution in [-0.2, 0) is 23.6 Å². The first kappa shape index (κ1) is 21.1. The molecule has 1 amide bonds. The maximum absolute atomic E-state index is 12.1. The summed E-state index contributed by atoms with van der Waals surface area (Å²) in [4.78, 5) is 12.1. The molecule has 0 saturated heterocycles. The van der Waals surface area contributed by atoms with Gasteiger partial charge in [-0.15, -0.1) is 0 Å². The molecule has 1 fully saturated rings. The predicted molar refractivity (Wildman–Crippen MR) is 113 cm³/mol. The van der Waals surface area contributed by atoms with Crippen LogP contribution in [0.1, 0.15) is 51.4 Å². The lowest BCUT2D eigenvalue weighted by Crippen LogP contribution is -2.43. The minimum Gasteiger partial charge on any atom is -0.444 e. The fourth-order valence-electron chi connectivity index (χ4n) is 3.99. The van der Waals surface area contributed by atoms with Gasteiger partial charge in [-0.25, -0.2) is 4.79 Å². The second-order valence-corrected chi connectivity index (χ2v) is 9.19. The van der Waals surface area contributed by atoms with Crippen molar-refractivity contribution in [1.29, 1.82) is 5.26 Å². The molecule has 3 rings (SSSR count). The Kier molecular flexibility index (Phi) is 5.80. The Morgan fingerprint density at radius 2 is 2.21 bits per heavy atom. The third kappa shape index (κ3) is 4.85. The molecule has 1 aliphatic rings. The number of carbonyl (C=O) groups is 1. The number of aromatic nitrogens is 3. The summed E-state index contributed by atoms with van der Waals surface area (Å²) in [5, 5.41) is 19.1. The number of hydrogen-bond acceptors (Lipinski definition) is 5. The molecule has 0 radical (unpaired) electrons. The summed E-state index contributed by atoms with van der Waals surface area (Å²) in [7, 11) is 1.90. The Hall–Kier alpha value is -2.66. The lowest BCUT2D eigenvalue weighted by molar-refractivity contribution is 0.0636. The molecule has 2 N–H and O–H groups in total. The normalized spacial score (nSPS) is 21.1. The van der Waals surface area contributed by atoms with Gasteiger partial charge in [0.1, 0.15) is 11.4 Å². The quantitative estimate of drug-likeness (QED) is 0.697. The number of hydrogen-bond donors (Lipinski definition) is 2. The van der Waals surface area contributed by atoms with Crippen molar-refractivity contribution in [3.63, 3.8) is 0 Å². The summed E-state index contributed by atoms with van der Waals surface area (Å²) in [6, 6.07) is 10.1. The number of anilines is 1. The largest absolute Gasteiger partial charge is 0.444 e. The van der Waals surface area contributed by atoms with Crippen LogP contribution >= 0.6 is 12.2 Å². The Bertz CT molecular complexity index is 989. The molecule has 1 aliphatic carbocycles. The highest BCUT2D eigenvalue weighted by Gasteiger charge is 2.46. The molecule has 1 saturated carbocycles. The van der Waals surface area contributed by atoms with E-state index in [4.69, 9.17) is 22.2 Å². The van der Waals surface area contributed by atoms with E-state index >= 15 is 0 Å². The van der Waals surface area contributed by atoms with Gasteiger partial charge in [-0.05, 0) is 69.4 Å². The topological polar surface area (TPSA) is 95.7 Å². The van der Waals surface area contributed by atoms with E-state index in [-0.39, 0.29) is 5.41 Å². The Labute approximate surface area is 176 Å². The number of ether oxygens (including phenoxy) is 1. The van der Waals surface area contributed by atoms with Gasteiger partial charge in [-0.2, -0.15) is 10.4 Å². The monoisotopic (exact) mass is 413 g/mol. The van der Waals surface area contributed by atoms with Crippen LogP contribution in [0.5, 0.6) is 0 Å². The highest BCUT2D eigenvalue weighted by Crippen LogP contribution is 2.51. The van der Waals surface area contributed by atoms with Gasteiger partial charge in [-0.1, -0.05) is 12.1 Å². The van der Waals surface area contributed by atoms with E-state index in [2.05, 4.69) is 27.6 Å². The molecule has 1 heterocycles. The van der Waals surface area contributed by atoms with Gasteiger partial charge < -0.3 is 9.30 Å². The number of H-pyrrole nitrogens is 1. The fourth-order valence-corrected chi connectivity index (χ4v) is 4.14. The standard InChI is InChI=1S/C21H27N5O2S/c1-20(2,3)28-19(27)23-16-7-5-6-15(10-16)21(11-14(12-21)8-9-22)13-17-24-25-18(29)26(17)4/h5-7,10,14H,8,11-13H2,1-4H3,(H,23,27)(H,25,29). The maximum atomic E-state index is 12.1. The molecule has 154 valence electrons. The van der Waals surface area contributed by atoms with E-state index in [0.717, 1.165) is 24.2 Å². The van der Waals surface area contributed by atoms with Crippen LogP contribution in [0.15, 0.2) is 24.3 Å². The summed E-state index contributed by atoms with van der Waals surface area (Å²) < 4.78 is 7.83. The number of rotatable bonds is 5. The second-order valence-electron chi connectivity index (χ2n) is 8.81. The number of benzene rings is 1. The highest BCUT2D eigenvalue weighted by molar-refractivity contribution is 7.71. The Balaban J connectivity index is 1.85. The zero-order chi connectivity index (χ0) is 21.2. The summed E-state index contributed by atoms with van der Waals surface area (Å²) in [6.45, 7) is 5.50. The number of nitrogens with one attached hydrogen (secondary N) is 2. The van der Waals surface area contributed by atoms with E-state index < -0.39 is 11.7 Å². The Morgan fingerprint density at radius 1 is 1.48 bits per heavy atom. The molecule has 0 unspecified atom stereocenters. The van der Waals surface area contributed by atoms with Crippen LogP contribution < -0.4 is 5.32 Å². The second kappa shape index (κ2) is 7.99. The Morgan fingerprint density at radius 3 is 2.79 bits per heavy atom. The molecule has 29 heavy (non-hydrogen) atoms. The molecular weight excluding hydrogens is 386 g/mol. The van der Waals surface area contributed by atoms with Crippen molar-refractivity contribution in [3.8, 4) is 6.07 Å². The number of nitrogens with zero attached hydrogens (tertiary/aromatic N) is 3. The van der Waals surface area contributed by atoms with Crippen LogP contribution in [0.3, 0.4) is 0 Å². The van der Waals surface area contributed by atoms with Crippen LogP contribution in [0.25, 0.3) is 0 Å². The first-order valence-electron chi connectivity index (χ1n) is 9.70. The molecule has 1 aromatic heterocycles. The number of aromatic amines is 1. The van der Waals surface area contributed by atoms with Crippen LogP contribution in [0, 0.1) is 22.0 Å². The van der Waals surface area contributed by atoms with Gasteiger partial charge in [-0.3, -0.25) is 10.4 Å². The lowest BCUT2D eigenvalue weighted by atomic mass is 9.56. The number of carbonyl (C=O) groups excluding carboxylic acids is 1. The van der Waals surface area contributed by atoms with Crippen molar-refractivity contribution in [3.05, 3.63) is 40.4 Å². The first-order chi connectivity index (χ1) is 13.6. The summed E-state index contributed by atoms with van der Waals surface area (Å²) in [5.41, 5.74) is 1.12. The van der Waals surface area contributed by atoms with Gasteiger partial charge >= 0.3 is 6.09 Å². The minimum absolute atomic E-state index is 0.137. The summed E-state index contributed by atoms with van der Waals surface area (Å²) in [6.07, 6.45) is 2.59. The molecular formula is C21H27N5O2S. The van der Waals surface area contributed by atoms with E-state index in [1.165, 1.54) is 0 Å². The maximum Gasteiger partial charge on any atom is 0.412 e. The van der Waals surface area contributed by atoms with Crippen molar-refractivity contribution in [2.24, 2.45) is 13.0 Å². The molecule has 7 nitrogen and oxygen atoms in total. The zero-order valence-corrected chi connectivity index (χ0v) is 18.1. The number of nitriles is 1. The zero-order valence-electron chi connectivity index (χ0n) is 17.3. The van der Waals surface area contributed by atoms with Crippen molar-refractivity contribution in [1.82, 2.24) is 14.8 Å². The van der Waals surface area contributed by atoms with Gasteiger partial charge in [0, 0.05) is 31.0 Å². The molecule has 1 aromatic carbocycles. The van der Waals surface area contributed by atoms with Crippen LogP contribution in [-0.4, -0.2) is 26.5 Å². The molecule has 0 spiro atoms. The van der Waals surface area contributed by atoms with Crippen LogP contribution in [0.4, 0.5) is 10.5 Å². The summed E-state index contributed by atoms with van der Waals surface area (Å²) >= 11 is 5.25.